The van der Waals surface area contributed by atoms with E-state index in [2.05, 4.69) is 27.7 Å². The highest BCUT2D eigenvalue weighted by atomic mass is 32.1. The number of anilines is 1. The lowest BCUT2D eigenvalue weighted by Gasteiger charge is -2.31. The Bertz CT molecular complexity index is 676. The standard InChI is InChI=1S/C20H27N3OS/c1-22(2)18-6-3-5-17(13-18)20(24)21-14-16-8-10-23(11-9-16)15-19-7-4-12-25-19/h3-7,12-13,16H,8-11,14-15H2,1-2H3,(H,21,24). The lowest BCUT2D eigenvalue weighted by molar-refractivity contribution is 0.0935. The van der Waals surface area contributed by atoms with Crippen molar-refractivity contribution >= 4 is 22.9 Å². The van der Waals surface area contributed by atoms with Crippen LogP contribution in [0, 0.1) is 5.92 Å². The van der Waals surface area contributed by atoms with Gasteiger partial charge in [-0.05, 0) is 61.5 Å². The third-order valence-corrected chi connectivity index (χ3v) is 5.70. The first kappa shape index (κ1) is 18.0. The van der Waals surface area contributed by atoms with Gasteiger partial charge in [0.15, 0.2) is 0 Å². The van der Waals surface area contributed by atoms with Gasteiger partial charge in [0, 0.05) is 43.3 Å². The summed E-state index contributed by atoms with van der Waals surface area (Å²) >= 11 is 1.83. The molecule has 1 amide bonds. The molecule has 1 aliphatic rings. The molecule has 4 nitrogen and oxygen atoms in total. The molecule has 3 rings (SSSR count). The Morgan fingerprint density at radius 3 is 2.72 bits per heavy atom. The van der Waals surface area contributed by atoms with Gasteiger partial charge in [-0.15, -0.1) is 11.3 Å². The van der Waals surface area contributed by atoms with E-state index in [1.807, 2.05) is 54.6 Å². The molecule has 2 aromatic rings. The zero-order chi connectivity index (χ0) is 17.6. The van der Waals surface area contributed by atoms with Crippen molar-refractivity contribution in [2.45, 2.75) is 19.4 Å². The van der Waals surface area contributed by atoms with Crippen LogP contribution in [0.3, 0.4) is 0 Å². The van der Waals surface area contributed by atoms with Crippen LogP contribution in [0.1, 0.15) is 28.1 Å². The van der Waals surface area contributed by atoms with E-state index in [0.717, 1.165) is 50.3 Å². The van der Waals surface area contributed by atoms with Crippen LogP contribution in [0.25, 0.3) is 0 Å². The summed E-state index contributed by atoms with van der Waals surface area (Å²) in [5, 5.41) is 5.26. The van der Waals surface area contributed by atoms with Crippen LogP contribution in [-0.2, 0) is 6.54 Å². The average molecular weight is 358 g/mol. The van der Waals surface area contributed by atoms with E-state index < -0.39 is 0 Å². The summed E-state index contributed by atoms with van der Waals surface area (Å²) < 4.78 is 0. The van der Waals surface area contributed by atoms with Crippen molar-refractivity contribution in [3.63, 3.8) is 0 Å². The number of carbonyl (C=O) groups is 1. The molecule has 2 heterocycles. The molecule has 0 bridgehead atoms. The highest BCUT2D eigenvalue weighted by Gasteiger charge is 2.20. The van der Waals surface area contributed by atoms with Gasteiger partial charge in [0.25, 0.3) is 5.91 Å². The second kappa shape index (κ2) is 8.50. The predicted molar refractivity (Wildman–Crippen MR) is 105 cm³/mol. The molecule has 0 unspecified atom stereocenters. The van der Waals surface area contributed by atoms with Crippen molar-refractivity contribution in [2.24, 2.45) is 5.92 Å². The van der Waals surface area contributed by atoms with Gasteiger partial charge in [0.1, 0.15) is 0 Å². The van der Waals surface area contributed by atoms with E-state index in [-0.39, 0.29) is 5.91 Å². The van der Waals surface area contributed by atoms with Gasteiger partial charge in [0.2, 0.25) is 0 Å². The molecule has 1 N–H and O–H groups in total. The molecule has 1 fully saturated rings. The Kier molecular flexibility index (Phi) is 6.10. The number of hydrogen-bond acceptors (Lipinski definition) is 4. The van der Waals surface area contributed by atoms with E-state index in [9.17, 15) is 4.79 Å². The minimum atomic E-state index is 0.0321. The monoisotopic (exact) mass is 357 g/mol. The number of piperidine rings is 1. The SMILES string of the molecule is CN(C)c1cccc(C(=O)NCC2CCN(Cc3cccs3)CC2)c1. The molecule has 0 saturated carbocycles. The van der Waals surface area contributed by atoms with Crippen molar-refractivity contribution in [2.75, 3.05) is 38.6 Å². The number of amides is 1. The Hall–Kier alpha value is -1.85. The molecule has 1 aromatic heterocycles. The smallest absolute Gasteiger partial charge is 0.251 e. The van der Waals surface area contributed by atoms with Gasteiger partial charge in [-0.25, -0.2) is 0 Å². The maximum Gasteiger partial charge on any atom is 0.251 e. The number of benzene rings is 1. The minimum Gasteiger partial charge on any atom is -0.378 e. The molecule has 0 atom stereocenters. The predicted octanol–water partition coefficient (Wildman–Crippen LogP) is 3.46. The maximum absolute atomic E-state index is 12.4. The number of nitrogens with one attached hydrogen (secondary N) is 1. The summed E-state index contributed by atoms with van der Waals surface area (Å²) in [7, 11) is 3.97. The molecular formula is C20H27N3OS. The third-order valence-electron chi connectivity index (χ3n) is 4.84. The molecule has 1 aromatic carbocycles. The number of thiophene rings is 1. The fourth-order valence-corrected chi connectivity index (χ4v) is 3.98. The van der Waals surface area contributed by atoms with Gasteiger partial charge in [-0.3, -0.25) is 9.69 Å². The van der Waals surface area contributed by atoms with Crippen molar-refractivity contribution in [1.82, 2.24) is 10.2 Å². The summed E-state index contributed by atoms with van der Waals surface area (Å²) in [4.78, 5) is 18.4. The number of hydrogen-bond donors (Lipinski definition) is 1. The van der Waals surface area contributed by atoms with E-state index in [1.54, 1.807) is 0 Å². The van der Waals surface area contributed by atoms with Gasteiger partial charge in [-0.1, -0.05) is 12.1 Å². The van der Waals surface area contributed by atoms with Crippen molar-refractivity contribution in [1.29, 1.82) is 0 Å². The molecule has 25 heavy (non-hydrogen) atoms. The Morgan fingerprint density at radius 1 is 1.24 bits per heavy atom. The lowest BCUT2D eigenvalue weighted by atomic mass is 9.96. The molecule has 1 aliphatic heterocycles. The van der Waals surface area contributed by atoms with Gasteiger partial charge in [-0.2, -0.15) is 0 Å². The van der Waals surface area contributed by atoms with Crippen LogP contribution < -0.4 is 10.2 Å². The van der Waals surface area contributed by atoms with Crippen LogP contribution in [0.4, 0.5) is 5.69 Å². The molecule has 1 saturated heterocycles. The fraction of sp³-hybridized carbons (Fsp3) is 0.450. The largest absolute Gasteiger partial charge is 0.378 e. The Balaban J connectivity index is 1.43. The number of likely N-dealkylation sites (tertiary alicyclic amines) is 1. The second-order valence-corrected chi connectivity index (χ2v) is 7.99. The quantitative estimate of drug-likeness (QED) is 0.860. The fourth-order valence-electron chi connectivity index (χ4n) is 3.24. The van der Waals surface area contributed by atoms with Crippen LogP contribution in [0.15, 0.2) is 41.8 Å². The molecule has 0 radical (unpaired) electrons. The zero-order valence-corrected chi connectivity index (χ0v) is 15.9. The lowest BCUT2D eigenvalue weighted by Crippen LogP contribution is -2.38. The molecule has 0 spiro atoms. The van der Waals surface area contributed by atoms with Crippen LogP contribution in [-0.4, -0.2) is 44.5 Å². The summed E-state index contributed by atoms with van der Waals surface area (Å²) in [6.45, 7) is 4.08. The van der Waals surface area contributed by atoms with E-state index >= 15 is 0 Å². The van der Waals surface area contributed by atoms with Gasteiger partial charge >= 0.3 is 0 Å². The molecular weight excluding hydrogens is 330 g/mol. The van der Waals surface area contributed by atoms with Crippen molar-refractivity contribution in [3.05, 3.63) is 52.2 Å². The van der Waals surface area contributed by atoms with Crippen molar-refractivity contribution in [3.8, 4) is 0 Å². The van der Waals surface area contributed by atoms with Gasteiger partial charge < -0.3 is 10.2 Å². The summed E-state index contributed by atoms with van der Waals surface area (Å²) in [5.41, 5.74) is 1.79. The summed E-state index contributed by atoms with van der Waals surface area (Å²) in [5.74, 6) is 0.616. The van der Waals surface area contributed by atoms with E-state index in [1.165, 1.54) is 4.88 Å². The first-order chi connectivity index (χ1) is 12.1. The second-order valence-electron chi connectivity index (χ2n) is 6.95. The maximum atomic E-state index is 12.4. The number of nitrogens with zero attached hydrogens (tertiary/aromatic N) is 2. The molecule has 0 aliphatic carbocycles. The average Bonchev–Trinajstić information content (AvgIpc) is 3.14. The Morgan fingerprint density at radius 2 is 2.04 bits per heavy atom. The van der Waals surface area contributed by atoms with Crippen LogP contribution >= 0.6 is 11.3 Å². The van der Waals surface area contributed by atoms with E-state index in [4.69, 9.17) is 0 Å². The van der Waals surface area contributed by atoms with Crippen LogP contribution in [0.2, 0.25) is 0 Å². The summed E-state index contributed by atoms with van der Waals surface area (Å²) in [6, 6.07) is 12.1. The first-order valence-corrected chi connectivity index (χ1v) is 9.80. The first-order valence-electron chi connectivity index (χ1n) is 8.92. The normalized spacial score (nSPS) is 15.9. The Labute approximate surface area is 154 Å². The highest BCUT2D eigenvalue weighted by molar-refractivity contribution is 7.09. The van der Waals surface area contributed by atoms with Gasteiger partial charge in [0.05, 0.1) is 0 Å². The van der Waals surface area contributed by atoms with Crippen LogP contribution in [0.5, 0.6) is 0 Å². The summed E-state index contributed by atoms with van der Waals surface area (Å²) in [6.07, 6.45) is 2.31. The minimum absolute atomic E-state index is 0.0321. The highest BCUT2D eigenvalue weighted by Crippen LogP contribution is 2.20. The number of rotatable bonds is 6. The molecule has 134 valence electrons. The third kappa shape index (κ3) is 5.06. The van der Waals surface area contributed by atoms with E-state index in [0.29, 0.717) is 5.92 Å². The molecule has 5 heteroatoms. The zero-order valence-electron chi connectivity index (χ0n) is 15.1. The topological polar surface area (TPSA) is 35.6 Å². The van der Waals surface area contributed by atoms with Crippen molar-refractivity contribution < 1.29 is 4.79 Å². The number of carbonyl (C=O) groups excluding carboxylic acids is 1.